The molecule has 5 nitrogen and oxygen atoms in total. The monoisotopic (exact) mass is 404 g/mol. The fraction of sp³-hybridized carbons (Fsp3) is 0.667. The van der Waals surface area contributed by atoms with Gasteiger partial charge in [0.1, 0.15) is 5.75 Å². The number of hydrogen-bond acceptors (Lipinski definition) is 3. The van der Waals surface area contributed by atoms with Gasteiger partial charge in [-0.15, -0.1) is 0 Å². The van der Waals surface area contributed by atoms with Gasteiger partial charge in [-0.2, -0.15) is 0 Å². The van der Waals surface area contributed by atoms with Crippen molar-refractivity contribution in [1.82, 2.24) is 10.9 Å². The van der Waals surface area contributed by atoms with Gasteiger partial charge in [0.25, 0.3) is 5.91 Å². The van der Waals surface area contributed by atoms with Crippen LogP contribution in [-0.4, -0.2) is 18.4 Å². The molecular formula is C24H40N2O3. The second-order valence-electron chi connectivity index (χ2n) is 7.89. The highest BCUT2D eigenvalue weighted by Gasteiger charge is 2.08. The first-order valence-electron chi connectivity index (χ1n) is 11.3. The molecule has 0 spiro atoms. The fourth-order valence-corrected chi connectivity index (χ4v) is 3.35. The van der Waals surface area contributed by atoms with E-state index in [-0.39, 0.29) is 18.4 Å². The highest BCUT2D eigenvalue weighted by atomic mass is 16.5. The molecular weight excluding hydrogens is 364 g/mol. The van der Waals surface area contributed by atoms with Crippen LogP contribution in [0.15, 0.2) is 18.2 Å². The highest BCUT2D eigenvalue weighted by molar-refractivity contribution is 5.82. The molecule has 0 fully saturated rings. The van der Waals surface area contributed by atoms with Crippen LogP contribution in [0.3, 0.4) is 0 Å². The minimum absolute atomic E-state index is 0.121. The third-order valence-corrected chi connectivity index (χ3v) is 5.11. The average Bonchev–Trinajstić information content (AvgIpc) is 2.70. The topological polar surface area (TPSA) is 67.4 Å². The summed E-state index contributed by atoms with van der Waals surface area (Å²) < 4.78 is 5.57. The number of amides is 2. The molecule has 0 aliphatic carbocycles. The minimum atomic E-state index is -0.361. The third kappa shape index (κ3) is 12.2. The lowest BCUT2D eigenvalue weighted by molar-refractivity contribution is -0.130. The number of nitrogens with one attached hydrogen (secondary N) is 2. The normalized spacial score (nSPS) is 10.6. The first-order valence-corrected chi connectivity index (χ1v) is 11.3. The highest BCUT2D eigenvalue weighted by Crippen LogP contribution is 2.21. The quantitative estimate of drug-likeness (QED) is 0.298. The van der Waals surface area contributed by atoms with Gasteiger partial charge in [0.15, 0.2) is 6.61 Å². The summed E-state index contributed by atoms with van der Waals surface area (Å²) >= 11 is 0. The second-order valence-corrected chi connectivity index (χ2v) is 7.89. The lowest BCUT2D eigenvalue weighted by atomic mass is 10.1. The lowest BCUT2D eigenvalue weighted by Gasteiger charge is -2.12. The van der Waals surface area contributed by atoms with Crippen molar-refractivity contribution in [3.05, 3.63) is 29.3 Å². The van der Waals surface area contributed by atoms with Crippen molar-refractivity contribution in [2.45, 2.75) is 97.8 Å². The Morgan fingerprint density at radius 2 is 1.24 bits per heavy atom. The van der Waals surface area contributed by atoms with Crippen LogP contribution in [0.4, 0.5) is 0 Å². The molecule has 2 N–H and O–H groups in total. The largest absolute Gasteiger partial charge is 0.483 e. The number of aryl methyl sites for hydroxylation is 2. The van der Waals surface area contributed by atoms with Crippen LogP contribution in [0.25, 0.3) is 0 Å². The first kappa shape index (κ1) is 25.0. The molecule has 1 aromatic rings. The van der Waals surface area contributed by atoms with Gasteiger partial charge in [-0.1, -0.05) is 89.3 Å². The first-order chi connectivity index (χ1) is 14.0. The summed E-state index contributed by atoms with van der Waals surface area (Å²) in [5, 5.41) is 0. The van der Waals surface area contributed by atoms with E-state index in [2.05, 4.69) is 17.8 Å². The van der Waals surface area contributed by atoms with Gasteiger partial charge in [-0.05, 0) is 31.4 Å². The number of carbonyl (C=O) groups is 2. The van der Waals surface area contributed by atoms with E-state index in [1.54, 1.807) is 0 Å². The standard InChI is InChI=1S/C24H40N2O3/c1-4-5-6-7-8-9-10-11-12-13-14-18-22(27)25-26-23(28)19-29-24-20(2)16-15-17-21(24)3/h15-17H,4-14,18-19H2,1-3H3,(H,25,27)(H,26,28). The number of benzene rings is 1. The summed E-state index contributed by atoms with van der Waals surface area (Å²) in [6.07, 6.45) is 14.2. The average molecular weight is 405 g/mol. The third-order valence-electron chi connectivity index (χ3n) is 5.11. The van der Waals surface area contributed by atoms with Gasteiger partial charge >= 0.3 is 0 Å². The molecule has 0 aliphatic rings. The number of ether oxygens (including phenoxy) is 1. The zero-order valence-electron chi connectivity index (χ0n) is 18.6. The number of carbonyl (C=O) groups excluding carboxylic acids is 2. The zero-order chi connectivity index (χ0) is 21.3. The summed E-state index contributed by atoms with van der Waals surface area (Å²) in [5.41, 5.74) is 6.85. The zero-order valence-corrected chi connectivity index (χ0v) is 18.6. The maximum absolute atomic E-state index is 11.9. The van der Waals surface area contributed by atoms with E-state index in [4.69, 9.17) is 4.74 Å². The van der Waals surface area contributed by atoms with Crippen molar-refractivity contribution in [1.29, 1.82) is 0 Å². The fourth-order valence-electron chi connectivity index (χ4n) is 3.35. The smallest absolute Gasteiger partial charge is 0.276 e. The molecule has 0 aromatic heterocycles. The molecule has 29 heavy (non-hydrogen) atoms. The maximum atomic E-state index is 11.9. The van der Waals surface area contributed by atoms with Crippen LogP contribution in [-0.2, 0) is 9.59 Å². The van der Waals surface area contributed by atoms with Crippen molar-refractivity contribution in [2.75, 3.05) is 6.61 Å². The van der Waals surface area contributed by atoms with Gasteiger partial charge < -0.3 is 4.74 Å². The molecule has 0 aliphatic heterocycles. The van der Waals surface area contributed by atoms with E-state index in [1.807, 2.05) is 32.0 Å². The van der Waals surface area contributed by atoms with Crippen molar-refractivity contribution in [3.63, 3.8) is 0 Å². The Morgan fingerprint density at radius 1 is 0.759 bits per heavy atom. The molecule has 1 rings (SSSR count). The van der Waals surface area contributed by atoms with Gasteiger partial charge in [0.05, 0.1) is 0 Å². The van der Waals surface area contributed by atoms with Gasteiger partial charge in [-0.3, -0.25) is 20.4 Å². The van der Waals surface area contributed by atoms with E-state index in [1.165, 1.54) is 57.8 Å². The summed E-state index contributed by atoms with van der Waals surface area (Å²) in [4.78, 5) is 23.7. The van der Waals surface area contributed by atoms with E-state index in [0.717, 1.165) is 29.7 Å². The van der Waals surface area contributed by atoms with Crippen LogP contribution < -0.4 is 15.6 Å². The molecule has 5 heteroatoms. The summed E-state index contributed by atoms with van der Waals surface area (Å²) in [7, 11) is 0. The van der Waals surface area contributed by atoms with E-state index >= 15 is 0 Å². The lowest BCUT2D eigenvalue weighted by Crippen LogP contribution is -2.43. The van der Waals surface area contributed by atoms with Gasteiger partial charge in [0, 0.05) is 6.42 Å². The molecule has 0 radical (unpaired) electrons. The SMILES string of the molecule is CCCCCCCCCCCCCC(=O)NNC(=O)COc1c(C)cccc1C. The summed E-state index contributed by atoms with van der Waals surface area (Å²) in [5.74, 6) is 0.205. The maximum Gasteiger partial charge on any atom is 0.276 e. The van der Waals surface area contributed by atoms with Crippen molar-refractivity contribution < 1.29 is 14.3 Å². The Balaban J connectivity index is 1.99. The van der Waals surface area contributed by atoms with E-state index in [9.17, 15) is 9.59 Å². The Morgan fingerprint density at radius 3 is 1.79 bits per heavy atom. The Hall–Kier alpha value is -2.04. The van der Waals surface area contributed by atoms with Gasteiger partial charge in [-0.25, -0.2) is 0 Å². The molecule has 0 heterocycles. The predicted octanol–water partition coefficient (Wildman–Crippen LogP) is 5.53. The molecule has 1 aromatic carbocycles. The Labute approximate surface area is 177 Å². The molecule has 164 valence electrons. The molecule has 0 unspecified atom stereocenters. The Kier molecular flexibility index (Phi) is 13.6. The van der Waals surface area contributed by atoms with Crippen molar-refractivity contribution in [2.24, 2.45) is 0 Å². The van der Waals surface area contributed by atoms with Crippen molar-refractivity contribution >= 4 is 11.8 Å². The molecule has 2 amide bonds. The molecule has 0 atom stereocenters. The van der Waals surface area contributed by atoms with Crippen LogP contribution in [0, 0.1) is 13.8 Å². The summed E-state index contributed by atoms with van der Waals surface area (Å²) in [6, 6.07) is 5.83. The number of para-hydroxylation sites is 1. The van der Waals surface area contributed by atoms with Crippen LogP contribution in [0.1, 0.15) is 95.1 Å². The number of rotatable bonds is 15. The van der Waals surface area contributed by atoms with E-state index < -0.39 is 0 Å². The number of unbranched alkanes of at least 4 members (excludes halogenated alkanes) is 10. The van der Waals surface area contributed by atoms with Crippen LogP contribution >= 0.6 is 0 Å². The number of hydrogen-bond donors (Lipinski definition) is 2. The molecule has 0 saturated carbocycles. The molecule has 0 saturated heterocycles. The van der Waals surface area contributed by atoms with E-state index in [0.29, 0.717) is 6.42 Å². The van der Waals surface area contributed by atoms with Gasteiger partial charge in [0.2, 0.25) is 5.91 Å². The minimum Gasteiger partial charge on any atom is -0.483 e. The number of hydrazine groups is 1. The molecule has 0 bridgehead atoms. The van der Waals surface area contributed by atoms with Crippen LogP contribution in [0.5, 0.6) is 5.75 Å². The second kappa shape index (κ2) is 15.8. The van der Waals surface area contributed by atoms with Crippen LogP contribution in [0.2, 0.25) is 0 Å². The van der Waals surface area contributed by atoms with Crippen molar-refractivity contribution in [3.8, 4) is 5.75 Å². The Bertz CT molecular complexity index is 582. The predicted molar refractivity (Wildman–Crippen MR) is 119 cm³/mol. The summed E-state index contributed by atoms with van der Waals surface area (Å²) in [6.45, 7) is 6.01.